The fraction of sp³-hybridized carbons (Fsp3) is 0.536. The number of hydrogen-bond donors (Lipinski definition) is 0. The molecule has 6 rings (SSSR count). The Kier molecular flexibility index (Phi) is 6.99. The van der Waals surface area contributed by atoms with Crippen LogP contribution in [0.3, 0.4) is 0 Å². The van der Waals surface area contributed by atoms with E-state index in [2.05, 4.69) is 17.0 Å². The van der Waals surface area contributed by atoms with Crippen molar-refractivity contribution >= 4 is 17.6 Å². The predicted octanol–water partition coefficient (Wildman–Crippen LogP) is 4.28. The Labute approximate surface area is 208 Å². The topological polar surface area (TPSA) is 38.8 Å². The first-order chi connectivity index (χ1) is 16.5. The number of benzene rings is 2. The standard InChI is InChI=1S/C28H36ClN2O3/c1-28(24-7-3-2-4-8-24,30-13-18-33-19-14-30)27(32)34-26-21-31(16-11-23(26)12-17-31)15-10-22-6-5-9-25(29)20-22/h2-9,20,23,26H,10-19,21H2,1H3/q+1/t23?,26-,28?,31?/m1/s1. The summed E-state index contributed by atoms with van der Waals surface area (Å²) in [6, 6.07) is 18.3. The third kappa shape index (κ3) is 4.76. The molecule has 2 bridgehead atoms. The van der Waals surface area contributed by atoms with Crippen molar-refractivity contribution in [3.8, 4) is 0 Å². The lowest BCUT2D eigenvalue weighted by atomic mass is 9.82. The van der Waals surface area contributed by atoms with Gasteiger partial charge >= 0.3 is 5.97 Å². The minimum Gasteiger partial charge on any atom is -0.454 e. The number of carbonyl (C=O) groups is 1. The maximum Gasteiger partial charge on any atom is 0.331 e. The lowest BCUT2D eigenvalue weighted by Crippen LogP contribution is -2.65. The quantitative estimate of drug-likeness (QED) is 0.435. The molecule has 4 aliphatic rings. The number of ether oxygens (including phenoxy) is 2. The van der Waals surface area contributed by atoms with Crippen LogP contribution in [-0.4, -0.2) is 73.9 Å². The average molecular weight is 484 g/mol. The molecule has 4 aliphatic heterocycles. The second-order valence-electron chi connectivity index (χ2n) is 10.4. The maximum absolute atomic E-state index is 13.9. The number of rotatable bonds is 7. The second kappa shape index (κ2) is 9.98. The summed E-state index contributed by atoms with van der Waals surface area (Å²) >= 11 is 6.21. The molecule has 0 aliphatic carbocycles. The van der Waals surface area contributed by atoms with E-state index < -0.39 is 5.54 Å². The molecule has 5 nitrogen and oxygen atoms in total. The summed E-state index contributed by atoms with van der Waals surface area (Å²) in [6.07, 6.45) is 3.25. The normalized spacial score (nSPS) is 28.9. The molecule has 6 heteroatoms. The molecule has 0 aromatic heterocycles. The number of carbonyl (C=O) groups excluding carboxylic acids is 1. The third-order valence-corrected chi connectivity index (χ3v) is 8.68. The molecule has 4 fully saturated rings. The Hall–Kier alpha value is -1.92. The van der Waals surface area contributed by atoms with Gasteiger partial charge in [-0.05, 0) is 30.2 Å². The first-order valence-electron chi connectivity index (χ1n) is 12.7. The van der Waals surface area contributed by atoms with Crippen LogP contribution in [0.15, 0.2) is 54.6 Å². The predicted molar refractivity (Wildman–Crippen MR) is 134 cm³/mol. The van der Waals surface area contributed by atoms with Gasteiger partial charge in [0.25, 0.3) is 0 Å². The van der Waals surface area contributed by atoms with Crippen LogP contribution in [0.25, 0.3) is 0 Å². The minimum absolute atomic E-state index is 0.0153. The Morgan fingerprint density at radius 3 is 2.56 bits per heavy atom. The summed E-state index contributed by atoms with van der Waals surface area (Å²) in [5, 5.41) is 0.796. The molecule has 2 atom stereocenters. The Morgan fingerprint density at radius 1 is 1.12 bits per heavy atom. The molecule has 0 amide bonds. The number of piperidine rings is 3. The first-order valence-corrected chi connectivity index (χ1v) is 13.1. The monoisotopic (exact) mass is 483 g/mol. The van der Waals surface area contributed by atoms with E-state index in [-0.39, 0.29) is 12.1 Å². The first kappa shape index (κ1) is 23.8. The lowest BCUT2D eigenvalue weighted by molar-refractivity contribution is -0.946. The van der Waals surface area contributed by atoms with Crippen LogP contribution in [-0.2, 0) is 26.2 Å². The molecule has 4 saturated heterocycles. The van der Waals surface area contributed by atoms with Crippen LogP contribution in [0.5, 0.6) is 0 Å². The number of quaternary nitrogens is 1. The van der Waals surface area contributed by atoms with Gasteiger partial charge in [-0.1, -0.05) is 54.1 Å². The zero-order chi connectivity index (χ0) is 23.6. The molecule has 34 heavy (non-hydrogen) atoms. The van der Waals surface area contributed by atoms with Crippen molar-refractivity contribution < 1.29 is 18.8 Å². The van der Waals surface area contributed by atoms with E-state index >= 15 is 0 Å². The van der Waals surface area contributed by atoms with E-state index in [1.165, 1.54) is 18.7 Å². The van der Waals surface area contributed by atoms with Crippen molar-refractivity contribution in [1.82, 2.24) is 4.90 Å². The molecule has 1 unspecified atom stereocenters. The van der Waals surface area contributed by atoms with E-state index in [0.29, 0.717) is 19.1 Å². The van der Waals surface area contributed by atoms with Crippen LogP contribution >= 0.6 is 11.6 Å². The summed E-state index contributed by atoms with van der Waals surface area (Å²) in [5.74, 6) is 0.354. The molecular formula is C28H36ClN2O3+. The van der Waals surface area contributed by atoms with Crippen molar-refractivity contribution in [2.24, 2.45) is 5.92 Å². The molecule has 182 valence electrons. The van der Waals surface area contributed by atoms with Gasteiger partial charge < -0.3 is 14.0 Å². The fourth-order valence-electron chi connectivity index (χ4n) is 6.18. The van der Waals surface area contributed by atoms with Gasteiger partial charge in [-0.3, -0.25) is 4.90 Å². The van der Waals surface area contributed by atoms with Gasteiger partial charge in [0.1, 0.15) is 12.1 Å². The Bertz CT molecular complexity index is 986. The zero-order valence-electron chi connectivity index (χ0n) is 20.1. The summed E-state index contributed by atoms with van der Waals surface area (Å²) < 4.78 is 13.1. The highest BCUT2D eigenvalue weighted by Crippen LogP contribution is 2.38. The van der Waals surface area contributed by atoms with E-state index in [0.717, 1.165) is 60.5 Å². The number of morpholine rings is 1. The Morgan fingerprint density at radius 2 is 1.85 bits per heavy atom. The molecule has 4 heterocycles. The van der Waals surface area contributed by atoms with Crippen LogP contribution in [0.2, 0.25) is 5.02 Å². The van der Waals surface area contributed by atoms with Crippen LogP contribution < -0.4 is 0 Å². The molecule has 0 N–H and O–H groups in total. The fourth-order valence-corrected chi connectivity index (χ4v) is 6.40. The third-order valence-electron chi connectivity index (χ3n) is 8.44. The lowest BCUT2D eigenvalue weighted by Gasteiger charge is -2.52. The number of nitrogens with zero attached hydrogens (tertiary/aromatic N) is 2. The minimum atomic E-state index is -0.803. The van der Waals surface area contributed by atoms with Crippen molar-refractivity contribution in [3.05, 3.63) is 70.7 Å². The summed E-state index contributed by atoms with van der Waals surface area (Å²) in [7, 11) is 0. The van der Waals surface area contributed by atoms with Gasteiger partial charge in [0.2, 0.25) is 0 Å². The van der Waals surface area contributed by atoms with Crippen molar-refractivity contribution in [3.63, 3.8) is 0 Å². The Balaban J connectivity index is 1.31. The highest BCUT2D eigenvalue weighted by molar-refractivity contribution is 6.30. The van der Waals surface area contributed by atoms with Gasteiger partial charge in [0.15, 0.2) is 6.10 Å². The van der Waals surface area contributed by atoms with Gasteiger partial charge in [0.05, 0.1) is 32.8 Å². The zero-order valence-corrected chi connectivity index (χ0v) is 20.9. The molecule has 0 saturated carbocycles. The SMILES string of the molecule is CC(C(=O)O[C@@H]1C[N+]2(CCc3cccc(Cl)c3)CCC1CC2)(c1ccccc1)N1CCOCC1. The molecule has 2 aromatic rings. The van der Waals surface area contributed by atoms with E-state index in [9.17, 15) is 4.79 Å². The summed E-state index contributed by atoms with van der Waals surface area (Å²) in [4.78, 5) is 16.1. The van der Waals surface area contributed by atoms with E-state index in [4.69, 9.17) is 21.1 Å². The summed E-state index contributed by atoms with van der Waals surface area (Å²) in [6.45, 7) is 9.13. The highest BCUT2D eigenvalue weighted by atomic mass is 35.5. The van der Waals surface area contributed by atoms with Crippen LogP contribution in [0, 0.1) is 5.92 Å². The number of esters is 1. The number of halogens is 1. The van der Waals surface area contributed by atoms with Crippen molar-refractivity contribution in [2.45, 2.75) is 37.8 Å². The van der Waals surface area contributed by atoms with Gasteiger partial charge in [0, 0.05) is 43.3 Å². The average Bonchev–Trinajstić information content (AvgIpc) is 2.89. The van der Waals surface area contributed by atoms with Crippen LogP contribution in [0.4, 0.5) is 0 Å². The van der Waals surface area contributed by atoms with E-state index in [1.54, 1.807) is 0 Å². The van der Waals surface area contributed by atoms with Gasteiger partial charge in [-0.25, -0.2) is 4.79 Å². The summed E-state index contributed by atoms with van der Waals surface area (Å²) in [5.41, 5.74) is 1.47. The number of fused-ring (bicyclic) bond motifs is 3. The molecule has 0 spiro atoms. The maximum atomic E-state index is 13.9. The largest absolute Gasteiger partial charge is 0.454 e. The molecule has 0 radical (unpaired) electrons. The highest BCUT2D eigenvalue weighted by Gasteiger charge is 2.50. The number of hydrogen-bond acceptors (Lipinski definition) is 4. The molecular weight excluding hydrogens is 448 g/mol. The second-order valence-corrected chi connectivity index (χ2v) is 10.8. The smallest absolute Gasteiger partial charge is 0.331 e. The van der Waals surface area contributed by atoms with Gasteiger partial charge in [-0.2, -0.15) is 0 Å². The van der Waals surface area contributed by atoms with Crippen molar-refractivity contribution in [1.29, 1.82) is 0 Å². The van der Waals surface area contributed by atoms with Gasteiger partial charge in [-0.15, -0.1) is 0 Å². The van der Waals surface area contributed by atoms with Crippen LogP contribution in [0.1, 0.15) is 30.9 Å². The molecule has 2 aromatic carbocycles. The van der Waals surface area contributed by atoms with E-state index in [1.807, 2.05) is 49.4 Å². The van der Waals surface area contributed by atoms with Crippen molar-refractivity contribution in [2.75, 3.05) is 52.5 Å².